The van der Waals surface area contributed by atoms with Gasteiger partial charge in [0.1, 0.15) is 6.10 Å². The van der Waals surface area contributed by atoms with Gasteiger partial charge < -0.3 is 19.7 Å². The lowest BCUT2D eigenvalue weighted by Gasteiger charge is -2.25. The molecule has 0 saturated carbocycles. The molecule has 12 heavy (non-hydrogen) atoms. The molecule has 0 aliphatic carbocycles. The first-order valence-corrected chi connectivity index (χ1v) is 4.31. The Bertz CT molecular complexity index is 142. The van der Waals surface area contributed by atoms with Gasteiger partial charge in [-0.25, -0.2) is 0 Å². The van der Waals surface area contributed by atoms with Crippen LogP contribution < -0.4 is 0 Å². The van der Waals surface area contributed by atoms with Crippen LogP contribution in [0, 0.1) is 0 Å². The van der Waals surface area contributed by atoms with Crippen molar-refractivity contribution in [3.63, 3.8) is 0 Å². The summed E-state index contributed by atoms with van der Waals surface area (Å²) < 4.78 is 10.8. The van der Waals surface area contributed by atoms with Gasteiger partial charge in [0, 0.05) is 0 Å². The van der Waals surface area contributed by atoms with Crippen molar-refractivity contribution < 1.29 is 19.7 Å². The van der Waals surface area contributed by atoms with Crippen molar-refractivity contribution in [3.8, 4) is 0 Å². The number of aliphatic hydroxyl groups excluding tert-OH is 1. The van der Waals surface area contributed by atoms with E-state index in [4.69, 9.17) is 19.7 Å². The first-order valence-electron chi connectivity index (χ1n) is 4.31. The van der Waals surface area contributed by atoms with Gasteiger partial charge in [-0.1, -0.05) is 13.8 Å². The molecule has 0 radical (unpaired) electrons. The normalized spacial score (nSPS) is 28.2. The maximum atomic E-state index is 8.83. The summed E-state index contributed by atoms with van der Waals surface area (Å²) in [5, 5.41) is 17.7. The van der Waals surface area contributed by atoms with Crippen molar-refractivity contribution in [2.75, 3.05) is 6.61 Å². The van der Waals surface area contributed by atoms with E-state index in [9.17, 15) is 0 Å². The lowest BCUT2D eigenvalue weighted by Crippen LogP contribution is -2.33. The SMILES string of the molecule is CCC1(CC)OC[C@H](C(O)O)O1. The topological polar surface area (TPSA) is 58.9 Å². The largest absolute Gasteiger partial charge is 0.366 e. The Kier molecular flexibility index (Phi) is 3.06. The highest BCUT2D eigenvalue weighted by atomic mass is 16.8. The van der Waals surface area contributed by atoms with Crippen LogP contribution in [-0.4, -0.2) is 35.0 Å². The van der Waals surface area contributed by atoms with Gasteiger partial charge in [-0.15, -0.1) is 0 Å². The maximum absolute atomic E-state index is 8.83. The summed E-state index contributed by atoms with van der Waals surface area (Å²) in [6.07, 6.45) is -0.575. The smallest absolute Gasteiger partial charge is 0.180 e. The van der Waals surface area contributed by atoms with Crippen LogP contribution in [0.1, 0.15) is 26.7 Å². The van der Waals surface area contributed by atoms with Crippen molar-refractivity contribution in [1.82, 2.24) is 0 Å². The molecule has 1 aliphatic rings. The first kappa shape index (κ1) is 9.92. The number of hydrogen-bond donors (Lipinski definition) is 2. The van der Waals surface area contributed by atoms with E-state index in [-0.39, 0.29) is 6.61 Å². The zero-order chi connectivity index (χ0) is 9.19. The van der Waals surface area contributed by atoms with Gasteiger partial charge in [0.25, 0.3) is 0 Å². The molecule has 4 heteroatoms. The fourth-order valence-electron chi connectivity index (χ4n) is 1.35. The highest BCUT2D eigenvalue weighted by Gasteiger charge is 2.40. The Hall–Kier alpha value is -0.160. The van der Waals surface area contributed by atoms with Gasteiger partial charge in [0.05, 0.1) is 6.61 Å². The first-order chi connectivity index (χ1) is 5.63. The quantitative estimate of drug-likeness (QED) is 0.604. The Morgan fingerprint density at radius 2 is 2.00 bits per heavy atom. The molecule has 0 bridgehead atoms. The second kappa shape index (κ2) is 3.70. The fourth-order valence-corrected chi connectivity index (χ4v) is 1.35. The number of rotatable bonds is 3. The summed E-state index contributed by atoms with van der Waals surface area (Å²) in [6, 6.07) is 0. The van der Waals surface area contributed by atoms with E-state index < -0.39 is 18.2 Å². The van der Waals surface area contributed by atoms with Gasteiger partial charge in [-0.3, -0.25) is 0 Å². The fraction of sp³-hybridized carbons (Fsp3) is 1.00. The Morgan fingerprint density at radius 1 is 1.42 bits per heavy atom. The van der Waals surface area contributed by atoms with Crippen LogP contribution >= 0.6 is 0 Å². The van der Waals surface area contributed by atoms with Gasteiger partial charge in [-0.2, -0.15) is 0 Å². The van der Waals surface area contributed by atoms with E-state index in [0.717, 1.165) is 12.8 Å². The molecule has 2 N–H and O–H groups in total. The molecule has 1 rings (SSSR count). The van der Waals surface area contributed by atoms with Crippen molar-refractivity contribution >= 4 is 0 Å². The van der Waals surface area contributed by atoms with E-state index in [1.54, 1.807) is 0 Å². The zero-order valence-corrected chi connectivity index (χ0v) is 7.49. The van der Waals surface area contributed by atoms with Crippen LogP contribution in [0.4, 0.5) is 0 Å². The van der Waals surface area contributed by atoms with E-state index in [1.807, 2.05) is 13.8 Å². The van der Waals surface area contributed by atoms with Crippen molar-refractivity contribution in [3.05, 3.63) is 0 Å². The second-order valence-electron chi connectivity index (χ2n) is 3.00. The van der Waals surface area contributed by atoms with E-state index >= 15 is 0 Å². The summed E-state index contributed by atoms with van der Waals surface area (Å²) in [7, 11) is 0. The van der Waals surface area contributed by atoms with Crippen LogP contribution in [-0.2, 0) is 9.47 Å². The summed E-state index contributed by atoms with van der Waals surface area (Å²) in [4.78, 5) is 0. The van der Waals surface area contributed by atoms with Gasteiger partial charge in [0.15, 0.2) is 12.1 Å². The van der Waals surface area contributed by atoms with Crippen molar-refractivity contribution in [2.45, 2.75) is 44.9 Å². The molecule has 0 spiro atoms. The lowest BCUT2D eigenvalue weighted by molar-refractivity contribution is -0.204. The van der Waals surface area contributed by atoms with Crippen LogP contribution in [0.5, 0.6) is 0 Å². The van der Waals surface area contributed by atoms with Crippen LogP contribution in [0.15, 0.2) is 0 Å². The van der Waals surface area contributed by atoms with Gasteiger partial charge >= 0.3 is 0 Å². The standard InChI is InChI=1S/C8H16O4/c1-3-8(4-2)11-5-6(12-8)7(9)10/h6-7,9-10H,3-5H2,1-2H3/t6-/m1/s1. The van der Waals surface area contributed by atoms with Crippen molar-refractivity contribution in [1.29, 1.82) is 0 Å². The molecular formula is C8H16O4. The van der Waals surface area contributed by atoms with Crippen molar-refractivity contribution in [2.24, 2.45) is 0 Å². The highest BCUT2D eigenvalue weighted by molar-refractivity contribution is 4.77. The van der Waals surface area contributed by atoms with E-state index in [1.165, 1.54) is 0 Å². The molecule has 1 atom stereocenters. The van der Waals surface area contributed by atoms with E-state index in [0.29, 0.717) is 0 Å². The molecule has 1 heterocycles. The molecule has 1 aliphatic heterocycles. The minimum atomic E-state index is -1.44. The average Bonchev–Trinajstić information content (AvgIpc) is 2.49. The molecule has 0 aromatic rings. The molecule has 72 valence electrons. The molecular weight excluding hydrogens is 160 g/mol. The summed E-state index contributed by atoms with van der Waals surface area (Å²) in [6.45, 7) is 4.17. The lowest BCUT2D eigenvalue weighted by atomic mass is 10.1. The molecule has 0 aromatic heterocycles. The van der Waals surface area contributed by atoms with Gasteiger partial charge in [0.2, 0.25) is 0 Å². The number of aliphatic hydroxyl groups is 2. The molecule has 0 aromatic carbocycles. The Balaban J connectivity index is 2.52. The van der Waals surface area contributed by atoms with Gasteiger partial charge in [-0.05, 0) is 12.8 Å². The van der Waals surface area contributed by atoms with Crippen LogP contribution in [0.3, 0.4) is 0 Å². The molecule has 0 amide bonds. The predicted molar refractivity (Wildman–Crippen MR) is 42.4 cm³/mol. The third kappa shape index (κ3) is 1.77. The Morgan fingerprint density at radius 3 is 2.25 bits per heavy atom. The van der Waals surface area contributed by atoms with Crippen LogP contribution in [0.25, 0.3) is 0 Å². The third-order valence-corrected chi connectivity index (χ3v) is 2.29. The summed E-state index contributed by atoms with van der Waals surface area (Å²) in [5.74, 6) is -0.589. The zero-order valence-electron chi connectivity index (χ0n) is 7.49. The summed E-state index contributed by atoms with van der Waals surface area (Å²) >= 11 is 0. The monoisotopic (exact) mass is 176 g/mol. The maximum Gasteiger partial charge on any atom is 0.180 e. The third-order valence-electron chi connectivity index (χ3n) is 2.29. The molecule has 4 nitrogen and oxygen atoms in total. The highest BCUT2D eigenvalue weighted by Crippen LogP contribution is 2.30. The second-order valence-corrected chi connectivity index (χ2v) is 3.00. The van der Waals surface area contributed by atoms with Crippen LogP contribution in [0.2, 0.25) is 0 Å². The molecule has 0 unspecified atom stereocenters. The molecule has 1 saturated heterocycles. The number of hydrogen-bond acceptors (Lipinski definition) is 4. The number of ether oxygens (including phenoxy) is 2. The Labute approximate surface area is 72.1 Å². The predicted octanol–water partition coefficient (Wildman–Crippen LogP) is 0.229. The summed E-state index contributed by atoms with van der Waals surface area (Å²) in [5.41, 5.74) is 0. The molecule has 1 fully saturated rings. The van der Waals surface area contributed by atoms with E-state index in [2.05, 4.69) is 0 Å². The average molecular weight is 176 g/mol. The minimum absolute atomic E-state index is 0.263. The minimum Gasteiger partial charge on any atom is -0.366 e.